The summed E-state index contributed by atoms with van der Waals surface area (Å²) in [5.74, 6) is -4.31. The molecule has 2 aromatic rings. The van der Waals surface area contributed by atoms with Crippen LogP contribution in [0.25, 0.3) is 10.9 Å². The van der Waals surface area contributed by atoms with Crippen LogP contribution in [0.3, 0.4) is 0 Å². The zero-order valence-electron chi connectivity index (χ0n) is 9.32. The van der Waals surface area contributed by atoms with Crippen LogP contribution >= 0.6 is 0 Å². The van der Waals surface area contributed by atoms with Crippen molar-refractivity contribution in [3.05, 3.63) is 41.1 Å². The molecular weight excluding hydrogens is 254 g/mol. The van der Waals surface area contributed by atoms with Crippen molar-refractivity contribution in [1.29, 1.82) is 0 Å². The monoisotopic (exact) mass is 261 g/mol. The number of nitrogens with zero attached hydrogens (tertiary/aromatic N) is 1. The van der Waals surface area contributed by atoms with Crippen LogP contribution < -0.4 is 0 Å². The Bertz CT molecular complexity index is 721. The third-order valence-electron chi connectivity index (χ3n) is 2.58. The van der Waals surface area contributed by atoms with Crippen molar-refractivity contribution < 1.29 is 29.7 Å². The summed E-state index contributed by atoms with van der Waals surface area (Å²) in [6.07, 6.45) is 1.22. The Hall–Kier alpha value is -2.96. The van der Waals surface area contributed by atoms with Gasteiger partial charge in [0.15, 0.2) is 0 Å². The van der Waals surface area contributed by atoms with Crippen molar-refractivity contribution in [2.45, 2.75) is 0 Å². The van der Waals surface area contributed by atoms with Crippen LogP contribution in [-0.4, -0.2) is 38.2 Å². The summed E-state index contributed by atoms with van der Waals surface area (Å²) in [6, 6.07) is 3.49. The van der Waals surface area contributed by atoms with E-state index in [0.717, 1.165) is 12.1 Å². The molecule has 7 nitrogen and oxygen atoms in total. The van der Waals surface area contributed by atoms with Crippen LogP contribution in [0.2, 0.25) is 0 Å². The number of aromatic carboxylic acids is 3. The Morgan fingerprint density at radius 2 is 1.47 bits per heavy atom. The number of fused-ring (bicyclic) bond motifs is 1. The van der Waals surface area contributed by atoms with Gasteiger partial charge in [-0.1, -0.05) is 0 Å². The number of benzene rings is 1. The number of carboxylic acids is 3. The minimum atomic E-state index is -1.52. The zero-order valence-corrected chi connectivity index (χ0v) is 9.32. The van der Waals surface area contributed by atoms with Crippen molar-refractivity contribution in [1.82, 2.24) is 4.98 Å². The Balaban J connectivity index is 3.02. The summed E-state index contributed by atoms with van der Waals surface area (Å²) in [7, 11) is 0. The van der Waals surface area contributed by atoms with Gasteiger partial charge in [-0.2, -0.15) is 0 Å². The van der Waals surface area contributed by atoms with Crippen LogP contribution in [0.4, 0.5) is 0 Å². The number of hydrogen-bond donors (Lipinski definition) is 3. The van der Waals surface area contributed by atoms with Gasteiger partial charge >= 0.3 is 17.9 Å². The molecule has 1 heterocycles. The number of pyridine rings is 1. The SMILES string of the molecule is O=C(O)c1ccc2nccc(C(=O)O)c2c1C(=O)O. The first-order valence-electron chi connectivity index (χ1n) is 5.05. The topological polar surface area (TPSA) is 125 Å². The Kier molecular flexibility index (Phi) is 2.88. The van der Waals surface area contributed by atoms with Gasteiger partial charge in [-0.05, 0) is 18.2 Å². The van der Waals surface area contributed by atoms with Crippen molar-refractivity contribution in [2.24, 2.45) is 0 Å². The average Bonchev–Trinajstić information content (AvgIpc) is 2.35. The maximum Gasteiger partial charge on any atom is 0.337 e. The fraction of sp³-hybridized carbons (Fsp3) is 0. The van der Waals surface area contributed by atoms with Gasteiger partial charge in [-0.25, -0.2) is 14.4 Å². The van der Waals surface area contributed by atoms with E-state index in [2.05, 4.69) is 4.98 Å². The first kappa shape index (κ1) is 12.5. The largest absolute Gasteiger partial charge is 0.478 e. The van der Waals surface area contributed by atoms with Crippen molar-refractivity contribution >= 4 is 28.8 Å². The van der Waals surface area contributed by atoms with E-state index < -0.39 is 29.0 Å². The van der Waals surface area contributed by atoms with Crippen LogP contribution in [0.5, 0.6) is 0 Å². The summed E-state index contributed by atoms with van der Waals surface area (Å²) < 4.78 is 0. The lowest BCUT2D eigenvalue weighted by atomic mass is 9.98. The standard InChI is InChI=1S/C12H7NO6/c14-10(15)5-1-2-7-8(9(5)12(18)19)6(11(16)17)3-4-13-7/h1-4H,(H,14,15)(H,16,17)(H,18,19). The molecule has 0 spiro atoms. The van der Waals surface area contributed by atoms with Crippen molar-refractivity contribution in [3.63, 3.8) is 0 Å². The molecule has 1 aromatic carbocycles. The predicted molar refractivity (Wildman–Crippen MR) is 62.6 cm³/mol. The number of carbonyl (C=O) groups is 3. The van der Waals surface area contributed by atoms with Gasteiger partial charge in [0.05, 0.1) is 22.2 Å². The highest BCUT2D eigenvalue weighted by Gasteiger charge is 2.23. The quantitative estimate of drug-likeness (QED) is 0.760. The molecule has 0 unspecified atom stereocenters. The average molecular weight is 261 g/mol. The lowest BCUT2D eigenvalue weighted by Gasteiger charge is -2.08. The zero-order chi connectivity index (χ0) is 14.2. The summed E-state index contributed by atoms with van der Waals surface area (Å²) in [5.41, 5.74) is -1.24. The Morgan fingerprint density at radius 1 is 0.842 bits per heavy atom. The highest BCUT2D eigenvalue weighted by Crippen LogP contribution is 2.25. The van der Waals surface area contributed by atoms with Crippen LogP contribution in [0.15, 0.2) is 24.4 Å². The van der Waals surface area contributed by atoms with Crippen LogP contribution in [0.1, 0.15) is 31.1 Å². The molecule has 2 rings (SSSR count). The Labute approximate surface area is 105 Å². The summed E-state index contributed by atoms with van der Waals surface area (Å²) in [6.45, 7) is 0. The molecule has 0 fully saturated rings. The third kappa shape index (κ3) is 1.97. The van der Waals surface area contributed by atoms with E-state index in [1.165, 1.54) is 12.3 Å². The second kappa shape index (κ2) is 4.37. The van der Waals surface area contributed by atoms with Crippen molar-refractivity contribution in [3.8, 4) is 0 Å². The summed E-state index contributed by atoms with van der Waals surface area (Å²) in [5, 5.41) is 27.0. The van der Waals surface area contributed by atoms with E-state index in [1.54, 1.807) is 0 Å². The van der Waals surface area contributed by atoms with E-state index in [4.69, 9.17) is 15.3 Å². The van der Waals surface area contributed by atoms with Gasteiger partial charge in [0.25, 0.3) is 0 Å². The van der Waals surface area contributed by atoms with Crippen LogP contribution in [-0.2, 0) is 0 Å². The second-order valence-corrected chi connectivity index (χ2v) is 3.66. The first-order chi connectivity index (χ1) is 8.93. The molecule has 3 N–H and O–H groups in total. The molecule has 0 atom stereocenters. The molecule has 0 radical (unpaired) electrons. The molecule has 0 bridgehead atoms. The number of hydrogen-bond acceptors (Lipinski definition) is 4. The first-order valence-corrected chi connectivity index (χ1v) is 5.05. The molecule has 0 aliphatic rings. The molecule has 0 aliphatic carbocycles. The molecular formula is C12H7NO6. The van der Waals surface area contributed by atoms with E-state index >= 15 is 0 Å². The van der Waals surface area contributed by atoms with E-state index in [9.17, 15) is 14.4 Å². The van der Waals surface area contributed by atoms with E-state index in [0.29, 0.717) is 0 Å². The Morgan fingerprint density at radius 3 is 2.00 bits per heavy atom. The van der Waals surface area contributed by atoms with Gasteiger partial charge < -0.3 is 15.3 Å². The van der Waals surface area contributed by atoms with Crippen molar-refractivity contribution in [2.75, 3.05) is 0 Å². The highest BCUT2D eigenvalue weighted by molar-refractivity contribution is 6.16. The van der Waals surface area contributed by atoms with Gasteiger partial charge in [-0.15, -0.1) is 0 Å². The van der Waals surface area contributed by atoms with E-state index in [1.807, 2.05) is 0 Å². The molecule has 0 saturated heterocycles. The minimum absolute atomic E-state index is 0.113. The summed E-state index contributed by atoms with van der Waals surface area (Å²) >= 11 is 0. The molecule has 7 heteroatoms. The fourth-order valence-corrected chi connectivity index (χ4v) is 1.83. The summed E-state index contributed by atoms with van der Waals surface area (Å²) in [4.78, 5) is 37.2. The maximum atomic E-state index is 11.2. The highest BCUT2D eigenvalue weighted by atomic mass is 16.4. The number of carboxylic acid groups (broad SMARTS) is 3. The smallest absolute Gasteiger partial charge is 0.337 e. The number of rotatable bonds is 3. The van der Waals surface area contributed by atoms with Crippen LogP contribution in [0, 0.1) is 0 Å². The van der Waals surface area contributed by atoms with E-state index in [-0.39, 0.29) is 16.5 Å². The molecule has 0 amide bonds. The predicted octanol–water partition coefficient (Wildman–Crippen LogP) is 1.33. The van der Waals surface area contributed by atoms with Gasteiger partial charge in [0, 0.05) is 11.6 Å². The molecule has 1 aromatic heterocycles. The second-order valence-electron chi connectivity index (χ2n) is 3.66. The number of aromatic nitrogens is 1. The minimum Gasteiger partial charge on any atom is -0.478 e. The normalized spacial score (nSPS) is 10.3. The molecule has 19 heavy (non-hydrogen) atoms. The molecule has 0 aliphatic heterocycles. The van der Waals surface area contributed by atoms with Gasteiger partial charge in [-0.3, -0.25) is 4.98 Å². The van der Waals surface area contributed by atoms with Gasteiger partial charge in [0.2, 0.25) is 0 Å². The lowest BCUT2D eigenvalue weighted by Crippen LogP contribution is -2.11. The lowest BCUT2D eigenvalue weighted by molar-refractivity contribution is 0.0652. The molecule has 96 valence electrons. The van der Waals surface area contributed by atoms with Gasteiger partial charge in [0.1, 0.15) is 0 Å². The third-order valence-corrected chi connectivity index (χ3v) is 2.58. The molecule has 0 saturated carbocycles. The maximum absolute atomic E-state index is 11.2. The fourth-order valence-electron chi connectivity index (χ4n) is 1.83.